The van der Waals surface area contributed by atoms with E-state index in [-0.39, 0.29) is 27.1 Å². The van der Waals surface area contributed by atoms with Crippen molar-refractivity contribution in [2.75, 3.05) is 0 Å². The van der Waals surface area contributed by atoms with Gasteiger partial charge in [-0.05, 0) is 25.0 Å². The fourth-order valence-corrected chi connectivity index (χ4v) is 3.41. The highest BCUT2D eigenvalue weighted by molar-refractivity contribution is 9.09. The Labute approximate surface area is 136 Å². The third-order valence-corrected chi connectivity index (χ3v) is 4.98. The zero-order valence-electron chi connectivity index (χ0n) is 11.4. The molecule has 0 heterocycles. The summed E-state index contributed by atoms with van der Waals surface area (Å²) >= 11 is 9.35. The van der Waals surface area contributed by atoms with Crippen molar-refractivity contribution in [3.8, 4) is 0 Å². The topological polar surface area (TPSA) is 72.2 Å². The summed E-state index contributed by atoms with van der Waals surface area (Å²) < 4.78 is 0. The first-order chi connectivity index (χ1) is 9.99. The number of nitrogens with zero attached hydrogens (tertiary/aromatic N) is 1. The number of hydrogen-bond acceptors (Lipinski definition) is 3. The molecule has 0 aliphatic heterocycles. The zero-order chi connectivity index (χ0) is 15.4. The van der Waals surface area contributed by atoms with Gasteiger partial charge in [-0.3, -0.25) is 14.9 Å². The van der Waals surface area contributed by atoms with Crippen LogP contribution in [0.5, 0.6) is 0 Å². The quantitative estimate of drug-likeness (QED) is 0.374. The number of carbonyl (C=O) groups is 1. The van der Waals surface area contributed by atoms with Gasteiger partial charge in [-0.25, -0.2) is 0 Å². The lowest BCUT2D eigenvalue weighted by atomic mass is 10.1. The van der Waals surface area contributed by atoms with Gasteiger partial charge in [0.25, 0.3) is 11.6 Å². The summed E-state index contributed by atoms with van der Waals surface area (Å²) in [5.41, 5.74) is -0.215. The zero-order valence-corrected chi connectivity index (χ0v) is 13.7. The Balaban J connectivity index is 2.18. The van der Waals surface area contributed by atoms with Gasteiger partial charge in [0, 0.05) is 22.0 Å². The van der Waals surface area contributed by atoms with Crippen LogP contribution in [-0.4, -0.2) is 21.7 Å². The molecule has 114 valence electrons. The predicted molar refractivity (Wildman–Crippen MR) is 85.2 cm³/mol. The lowest BCUT2D eigenvalue weighted by molar-refractivity contribution is -0.385. The molecule has 0 spiro atoms. The van der Waals surface area contributed by atoms with Gasteiger partial charge in [-0.2, -0.15) is 0 Å². The first-order valence-corrected chi connectivity index (χ1v) is 8.17. The monoisotopic (exact) mass is 374 g/mol. The first-order valence-electron chi connectivity index (χ1n) is 6.88. The van der Waals surface area contributed by atoms with Crippen LogP contribution < -0.4 is 5.32 Å². The van der Waals surface area contributed by atoms with Gasteiger partial charge in [-0.1, -0.05) is 46.8 Å². The largest absolute Gasteiger partial charge is 0.348 e. The molecule has 21 heavy (non-hydrogen) atoms. The van der Waals surface area contributed by atoms with Gasteiger partial charge in [0.1, 0.15) is 5.56 Å². The predicted octanol–water partition coefficient (Wildman–Crippen LogP) is 4.07. The van der Waals surface area contributed by atoms with E-state index in [1.54, 1.807) is 0 Å². The third kappa shape index (κ3) is 4.17. The molecule has 7 heteroatoms. The number of halogens is 2. The molecule has 0 radical (unpaired) electrons. The van der Waals surface area contributed by atoms with Gasteiger partial charge in [-0.15, -0.1) is 0 Å². The Morgan fingerprint density at radius 1 is 1.33 bits per heavy atom. The fraction of sp³-hybridized carbons (Fsp3) is 0.500. The molecule has 0 aromatic heterocycles. The van der Waals surface area contributed by atoms with Gasteiger partial charge < -0.3 is 5.32 Å². The van der Waals surface area contributed by atoms with Crippen molar-refractivity contribution in [1.82, 2.24) is 5.32 Å². The summed E-state index contributed by atoms with van der Waals surface area (Å²) in [7, 11) is 0. The van der Waals surface area contributed by atoms with E-state index in [0.29, 0.717) is 0 Å². The minimum atomic E-state index is -0.584. The fourth-order valence-electron chi connectivity index (χ4n) is 2.52. The minimum absolute atomic E-state index is 0.00437. The van der Waals surface area contributed by atoms with E-state index in [2.05, 4.69) is 21.2 Å². The van der Waals surface area contributed by atoms with Crippen molar-refractivity contribution in [2.45, 2.75) is 43.0 Å². The number of rotatable bonds is 3. The van der Waals surface area contributed by atoms with Crippen LogP contribution in [0.3, 0.4) is 0 Å². The van der Waals surface area contributed by atoms with Crippen LogP contribution in [0.15, 0.2) is 18.2 Å². The molecule has 2 atom stereocenters. The second-order valence-corrected chi connectivity index (χ2v) is 6.77. The Hall–Kier alpha value is -1.14. The molecule has 1 aromatic rings. The summed E-state index contributed by atoms with van der Waals surface area (Å²) in [5.74, 6) is -0.422. The third-order valence-electron chi connectivity index (χ3n) is 3.65. The van der Waals surface area contributed by atoms with Crippen molar-refractivity contribution < 1.29 is 9.72 Å². The molecule has 5 nitrogen and oxygen atoms in total. The maximum atomic E-state index is 12.3. The van der Waals surface area contributed by atoms with Crippen molar-refractivity contribution in [3.05, 3.63) is 38.9 Å². The maximum Gasteiger partial charge on any atom is 0.283 e. The van der Waals surface area contributed by atoms with E-state index in [9.17, 15) is 14.9 Å². The van der Waals surface area contributed by atoms with E-state index in [4.69, 9.17) is 11.6 Å². The van der Waals surface area contributed by atoms with Crippen LogP contribution in [0.25, 0.3) is 0 Å². The molecular weight excluding hydrogens is 360 g/mol. The number of hydrogen-bond donors (Lipinski definition) is 1. The molecule has 1 fully saturated rings. The second kappa shape index (κ2) is 7.22. The lowest BCUT2D eigenvalue weighted by Crippen LogP contribution is -2.40. The molecule has 0 saturated heterocycles. The van der Waals surface area contributed by atoms with Gasteiger partial charge in [0.05, 0.1) is 4.92 Å². The van der Waals surface area contributed by atoms with Gasteiger partial charge in [0.15, 0.2) is 0 Å². The number of alkyl halides is 1. The molecule has 1 aliphatic carbocycles. The molecule has 1 saturated carbocycles. The summed E-state index contributed by atoms with van der Waals surface area (Å²) in [4.78, 5) is 23.0. The SMILES string of the molecule is O=C(NC1CCCCCC1Br)c1ccc(Cl)cc1[N+](=O)[O-]. The Morgan fingerprint density at radius 3 is 2.76 bits per heavy atom. The summed E-state index contributed by atoms with van der Waals surface area (Å²) in [6.07, 6.45) is 5.20. The Morgan fingerprint density at radius 2 is 2.05 bits per heavy atom. The molecule has 1 amide bonds. The minimum Gasteiger partial charge on any atom is -0.348 e. The van der Waals surface area contributed by atoms with Crippen molar-refractivity contribution in [3.63, 3.8) is 0 Å². The van der Waals surface area contributed by atoms with Crippen LogP contribution >= 0.6 is 27.5 Å². The van der Waals surface area contributed by atoms with Crippen molar-refractivity contribution >= 4 is 39.1 Å². The number of benzene rings is 1. The molecule has 1 aliphatic rings. The number of nitro groups is 1. The Bertz CT molecular complexity index is 553. The summed E-state index contributed by atoms with van der Waals surface area (Å²) in [6.45, 7) is 0. The normalized spacial score (nSPS) is 22.4. The number of nitrogens with one attached hydrogen (secondary N) is 1. The van der Waals surface area contributed by atoms with Crippen molar-refractivity contribution in [2.24, 2.45) is 0 Å². The molecule has 2 unspecified atom stereocenters. The number of amides is 1. The van der Waals surface area contributed by atoms with Crippen molar-refractivity contribution in [1.29, 1.82) is 0 Å². The van der Waals surface area contributed by atoms with Crippen LogP contribution in [-0.2, 0) is 0 Å². The van der Waals surface area contributed by atoms with Crippen LogP contribution in [0.2, 0.25) is 5.02 Å². The Kier molecular flexibility index (Phi) is 5.58. The van der Waals surface area contributed by atoms with Gasteiger partial charge >= 0.3 is 0 Å². The van der Waals surface area contributed by atoms with Crippen LogP contribution in [0.4, 0.5) is 5.69 Å². The smallest absolute Gasteiger partial charge is 0.283 e. The maximum absolute atomic E-state index is 12.3. The van der Waals surface area contributed by atoms with E-state index in [0.717, 1.165) is 32.1 Å². The van der Waals surface area contributed by atoms with E-state index in [1.807, 2.05) is 0 Å². The number of carbonyl (C=O) groups excluding carboxylic acids is 1. The molecule has 0 bridgehead atoms. The molecule has 1 N–H and O–H groups in total. The highest BCUT2D eigenvalue weighted by Crippen LogP contribution is 2.26. The second-order valence-electron chi connectivity index (χ2n) is 5.15. The highest BCUT2D eigenvalue weighted by Gasteiger charge is 2.26. The molecular formula is C14H16BrClN2O3. The highest BCUT2D eigenvalue weighted by atomic mass is 79.9. The standard InChI is InChI=1S/C14H16BrClN2O3/c15-11-4-2-1-3-5-12(11)17-14(19)10-7-6-9(16)8-13(10)18(20)21/h6-8,11-12H,1-5H2,(H,17,19). The molecule has 1 aromatic carbocycles. The van der Waals surface area contributed by atoms with E-state index >= 15 is 0 Å². The van der Waals surface area contributed by atoms with E-state index in [1.165, 1.54) is 18.2 Å². The van der Waals surface area contributed by atoms with Crippen LogP contribution in [0, 0.1) is 10.1 Å². The molecule has 2 rings (SSSR count). The number of nitro benzene ring substituents is 1. The van der Waals surface area contributed by atoms with E-state index < -0.39 is 10.8 Å². The average molecular weight is 376 g/mol. The lowest BCUT2D eigenvalue weighted by Gasteiger charge is -2.21. The van der Waals surface area contributed by atoms with Crippen LogP contribution in [0.1, 0.15) is 42.5 Å². The average Bonchev–Trinajstić information content (AvgIpc) is 2.64. The van der Waals surface area contributed by atoms with Gasteiger partial charge in [0.2, 0.25) is 0 Å². The summed E-state index contributed by atoms with van der Waals surface area (Å²) in [5, 5.41) is 14.2. The first kappa shape index (κ1) is 16.2. The summed E-state index contributed by atoms with van der Waals surface area (Å²) in [6, 6.07) is 4.09.